The van der Waals surface area contributed by atoms with E-state index in [1.807, 2.05) is 0 Å². The number of rotatable bonds is 4. The van der Waals surface area contributed by atoms with Gasteiger partial charge in [-0.3, -0.25) is 0 Å². The van der Waals surface area contributed by atoms with E-state index in [-0.39, 0.29) is 15.5 Å². The first-order valence-electron chi connectivity index (χ1n) is 7.70. The summed E-state index contributed by atoms with van der Waals surface area (Å²) in [5.74, 6) is -1.05. The smallest absolute Gasteiger partial charge is 0.285 e. The molecular weight excluding hydrogens is 397 g/mol. The van der Waals surface area contributed by atoms with Gasteiger partial charge in [0.15, 0.2) is 0 Å². The summed E-state index contributed by atoms with van der Waals surface area (Å²) < 4.78 is 73.6. The van der Waals surface area contributed by atoms with Gasteiger partial charge in [-0.1, -0.05) is 12.1 Å². The van der Waals surface area contributed by atoms with Gasteiger partial charge >= 0.3 is 0 Å². The minimum Gasteiger partial charge on any atom is -0.361 e. The number of halogens is 1. The van der Waals surface area contributed by atoms with Crippen LogP contribution in [-0.4, -0.2) is 40.4 Å². The average molecular weight is 413 g/mol. The summed E-state index contributed by atoms with van der Waals surface area (Å²) in [6.45, 7) is 1.44. The van der Waals surface area contributed by atoms with Crippen LogP contribution in [0.3, 0.4) is 0 Å². The van der Waals surface area contributed by atoms with Gasteiger partial charge in [0.2, 0.25) is 5.96 Å². The lowest BCUT2D eigenvalue weighted by atomic mass is 10.3. The number of fused-ring (bicyclic) bond motifs is 1. The summed E-state index contributed by atoms with van der Waals surface area (Å²) in [5.41, 5.74) is 0.185. The normalized spacial score (nSPS) is 18.6. The molecule has 1 unspecified atom stereocenters. The summed E-state index contributed by atoms with van der Waals surface area (Å²) in [6.07, 6.45) is -1.03. The Kier molecular flexibility index (Phi) is 4.93. The van der Waals surface area contributed by atoms with Gasteiger partial charge in [-0.2, -0.15) is 8.42 Å². The Morgan fingerprint density at radius 3 is 2.41 bits per heavy atom. The lowest BCUT2D eigenvalue weighted by molar-refractivity contribution is 0.0606. The second kappa shape index (κ2) is 6.91. The fraction of sp³-hybridized carbons (Fsp3) is 0.188. The molecule has 0 saturated heterocycles. The molecule has 0 spiro atoms. The molecule has 0 aliphatic carbocycles. The van der Waals surface area contributed by atoms with Gasteiger partial charge in [-0.25, -0.2) is 17.1 Å². The third-order valence-corrected chi connectivity index (χ3v) is 7.05. The summed E-state index contributed by atoms with van der Waals surface area (Å²) in [4.78, 5) is -0.313. The second-order valence-electron chi connectivity index (χ2n) is 5.60. The van der Waals surface area contributed by atoms with Gasteiger partial charge in [0.25, 0.3) is 20.0 Å². The van der Waals surface area contributed by atoms with Crippen molar-refractivity contribution in [3.8, 4) is 0 Å². The molecule has 144 valence electrons. The summed E-state index contributed by atoms with van der Waals surface area (Å²) in [5, 5.41) is 2.72. The maximum atomic E-state index is 13.1. The number of guanidine groups is 1. The SMILES string of the molecule is COC(C)N1/C(=N/S(=O)(=O)c2ccc(F)cc2)Nc2ccccc2S1(=O)=O. The number of hydrogen-bond acceptors (Lipinski definition) is 5. The Bertz CT molecular complexity index is 1100. The minimum absolute atomic E-state index is 0.0352. The molecule has 1 aliphatic heterocycles. The van der Waals surface area contributed by atoms with Crippen molar-refractivity contribution in [2.75, 3.05) is 12.4 Å². The number of benzene rings is 2. The first kappa shape index (κ1) is 19.3. The highest BCUT2D eigenvalue weighted by molar-refractivity contribution is 7.91. The average Bonchev–Trinajstić information content (AvgIpc) is 2.61. The van der Waals surface area contributed by atoms with Crippen LogP contribution in [0, 0.1) is 5.82 Å². The van der Waals surface area contributed by atoms with E-state index in [1.54, 1.807) is 12.1 Å². The minimum atomic E-state index is -4.31. The van der Waals surface area contributed by atoms with Crippen molar-refractivity contribution in [3.63, 3.8) is 0 Å². The molecule has 0 radical (unpaired) electrons. The van der Waals surface area contributed by atoms with E-state index >= 15 is 0 Å². The number of hydrogen-bond donors (Lipinski definition) is 1. The number of sulfonamides is 2. The Hall–Kier alpha value is -2.50. The number of anilines is 1. The van der Waals surface area contributed by atoms with Crippen LogP contribution in [0.1, 0.15) is 6.92 Å². The Balaban J connectivity index is 2.18. The molecular formula is C16H16FN3O5S2. The van der Waals surface area contributed by atoms with Gasteiger partial charge in [0.1, 0.15) is 16.9 Å². The molecule has 0 amide bonds. The van der Waals surface area contributed by atoms with Gasteiger partial charge in [-0.05, 0) is 43.3 Å². The molecule has 1 heterocycles. The number of para-hydroxylation sites is 1. The van der Waals surface area contributed by atoms with E-state index in [2.05, 4.69) is 9.71 Å². The van der Waals surface area contributed by atoms with Crippen LogP contribution in [0.15, 0.2) is 62.7 Å². The van der Waals surface area contributed by atoms with E-state index in [0.29, 0.717) is 0 Å². The lowest BCUT2D eigenvalue weighted by Gasteiger charge is -2.34. The van der Waals surface area contributed by atoms with Crippen molar-refractivity contribution in [2.24, 2.45) is 4.40 Å². The standard InChI is InChI=1S/C16H16FN3O5S2/c1-11(25-2)20-16(18-14-5-3-4-6-15(14)27(20,23)24)19-26(21,22)13-9-7-12(17)8-10-13/h3-11H,1-2H3,(H,18,19). The Morgan fingerprint density at radius 1 is 1.15 bits per heavy atom. The third kappa shape index (κ3) is 3.53. The van der Waals surface area contributed by atoms with Crippen LogP contribution in [0.5, 0.6) is 0 Å². The van der Waals surface area contributed by atoms with Crippen LogP contribution in [0.25, 0.3) is 0 Å². The molecule has 1 aliphatic rings. The maximum Gasteiger partial charge on any atom is 0.285 e. The highest BCUT2D eigenvalue weighted by atomic mass is 32.2. The zero-order chi connectivity index (χ0) is 19.8. The first-order valence-corrected chi connectivity index (χ1v) is 10.6. The molecule has 3 rings (SSSR count). The highest BCUT2D eigenvalue weighted by Crippen LogP contribution is 2.32. The summed E-state index contributed by atoms with van der Waals surface area (Å²) in [6, 6.07) is 10.1. The van der Waals surface area contributed by atoms with Gasteiger partial charge < -0.3 is 10.1 Å². The zero-order valence-electron chi connectivity index (χ0n) is 14.3. The number of methoxy groups -OCH3 is 1. The van der Waals surface area contributed by atoms with Crippen molar-refractivity contribution in [2.45, 2.75) is 22.9 Å². The maximum absolute atomic E-state index is 13.1. The Labute approximate surface area is 156 Å². The van der Waals surface area contributed by atoms with E-state index in [4.69, 9.17) is 4.74 Å². The summed E-state index contributed by atoms with van der Waals surface area (Å²) >= 11 is 0. The Morgan fingerprint density at radius 2 is 1.78 bits per heavy atom. The van der Waals surface area contributed by atoms with Gasteiger partial charge in [-0.15, -0.1) is 4.40 Å². The lowest BCUT2D eigenvalue weighted by Crippen LogP contribution is -2.50. The fourth-order valence-electron chi connectivity index (χ4n) is 2.49. The number of ether oxygens (including phenoxy) is 1. The van der Waals surface area contributed by atoms with Crippen LogP contribution in [-0.2, 0) is 24.8 Å². The quantitative estimate of drug-likeness (QED) is 0.822. The molecule has 0 aromatic heterocycles. The van der Waals surface area contributed by atoms with Gasteiger partial charge in [0, 0.05) is 7.11 Å². The number of nitrogens with zero attached hydrogens (tertiary/aromatic N) is 2. The molecule has 2 aromatic carbocycles. The number of nitrogens with one attached hydrogen (secondary N) is 1. The van der Waals surface area contributed by atoms with Crippen molar-refractivity contribution < 1.29 is 26.0 Å². The van der Waals surface area contributed by atoms with E-state index in [9.17, 15) is 21.2 Å². The molecule has 2 aromatic rings. The fourth-order valence-corrected chi connectivity index (χ4v) is 5.14. The van der Waals surface area contributed by atoms with Crippen molar-refractivity contribution in [1.82, 2.24) is 4.31 Å². The molecule has 11 heteroatoms. The molecule has 0 saturated carbocycles. The van der Waals surface area contributed by atoms with Crippen LogP contribution in [0.2, 0.25) is 0 Å². The third-order valence-electron chi connectivity index (χ3n) is 3.87. The van der Waals surface area contributed by atoms with E-state index in [1.165, 1.54) is 26.2 Å². The molecule has 0 bridgehead atoms. The topological polar surface area (TPSA) is 105 Å². The summed E-state index contributed by atoms with van der Waals surface area (Å²) in [7, 11) is -7.14. The molecule has 1 N–H and O–H groups in total. The van der Waals surface area contributed by atoms with E-state index < -0.39 is 38.1 Å². The van der Waals surface area contributed by atoms with Crippen molar-refractivity contribution in [1.29, 1.82) is 0 Å². The molecule has 0 fully saturated rings. The van der Waals surface area contributed by atoms with Crippen LogP contribution >= 0.6 is 0 Å². The van der Waals surface area contributed by atoms with Crippen LogP contribution in [0.4, 0.5) is 10.1 Å². The molecule has 27 heavy (non-hydrogen) atoms. The zero-order valence-corrected chi connectivity index (χ0v) is 16.0. The largest absolute Gasteiger partial charge is 0.361 e. The highest BCUT2D eigenvalue weighted by Gasteiger charge is 2.39. The second-order valence-corrected chi connectivity index (χ2v) is 8.99. The molecule has 1 atom stereocenters. The van der Waals surface area contributed by atoms with E-state index in [0.717, 1.165) is 28.6 Å². The van der Waals surface area contributed by atoms with Crippen molar-refractivity contribution in [3.05, 3.63) is 54.3 Å². The van der Waals surface area contributed by atoms with Crippen molar-refractivity contribution >= 4 is 31.7 Å². The predicted octanol–water partition coefficient (Wildman–Crippen LogP) is 1.98. The molecule has 8 nitrogen and oxygen atoms in total. The first-order chi connectivity index (χ1) is 12.7. The van der Waals surface area contributed by atoms with Gasteiger partial charge in [0.05, 0.1) is 10.6 Å². The van der Waals surface area contributed by atoms with Crippen LogP contribution < -0.4 is 5.32 Å². The monoisotopic (exact) mass is 413 g/mol. The predicted molar refractivity (Wildman–Crippen MR) is 96.6 cm³/mol.